The number of carbonyl (C=O) groups excluding carboxylic acids is 1. The average molecular weight is 449 g/mol. The Hall–Kier alpha value is -3.48. The second kappa shape index (κ2) is 9.57. The van der Waals surface area contributed by atoms with E-state index in [9.17, 15) is 4.79 Å². The zero-order valence-electron chi connectivity index (χ0n) is 19.8. The van der Waals surface area contributed by atoms with Crippen LogP contribution in [-0.2, 0) is 11.2 Å². The van der Waals surface area contributed by atoms with Crippen molar-refractivity contribution in [3.05, 3.63) is 53.7 Å². The van der Waals surface area contributed by atoms with Crippen LogP contribution in [0.5, 0.6) is 11.5 Å². The Morgan fingerprint density at radius 3 is 2.30 bits per heavy atom. The maximum atomic E-state index is 12.9. The van der Waals surface area contributed by atoms with Crippen LogP contribution in [0.25, 0.3) is 10.9 Å². The summed E-state index contributed by atoms with van der Waals surface area (Å²) in [6.07, 6.45) is 2.12. The van der Waals surface area contributed by atoms with Crippen LogP contribution in [0.15, 0.2) is 42.5 Å². The van der Waals surface area contributed by atoms with Crippen LogP contribution >= 0.6 is 0 Å². The van der Waals surface area contributed by atoms with Gasteiger partial charge in [-0.15, -0.1) is 0 Å². The number of hydrogen-bond acceptors (Lipinski definition) is 6. The standard InChI is InChI=1S/C26H32N4O3/c1-29(2)20-7-5-17(6-8-20)13-25(31)30-11-9-18(10-12-30)26-21(27)14-19-15-23(32-3)24(33-4)16-22(19)28-26/h5-8,14-16,18H,9-13,27H2,1-4H3. The molecule has 1 amide bonds. The van der Waals surface area contributed by atoms with E-state index in [1.165, 1.54) is 0 Å². The summed E-state index contributed by atoms with van der Waals surface area (Å²) in [4.78, 5) is 21.7. The minimum atomic E-state index is 0.169. The van der Waals surface area contributed by atoms with Crippen molar-refractivity contribution in [2.75, 3.05) is 52.0 Å². The lowest BCUT2D eigenvalue weighted by molar-refractivity contribution is -0.131. The maximum Gasteiger partial charge on any atom is 0.226 e. The number of likely N-dealkylation sites (tertiary alicyclic amines) is 1. The third-order valence-corrected chi connectivity index (χ3v) is 6.42. The van der Waals surface area contributed by atoms with Gasteiger partial charge in [-0.1, -0.05) is 12.1 Å². The van der Waals surface area contributed by atoms with Crippen molar-refractivity contribution in [1.82, 2.24) is 9.88 Å². The van der Waals surface area contributed by atoms with E-state index in [-0.39, 0.29) is 11.8 Å². The van der Waals surface area contributed by atoms with Crippen molar-refractivity contribution >= 4 is 28.2 Å². The van der Waals surface area contributed by atoms with Gasteiger partial charge < -0.3 is 25.0 Å². The predicted octanol–water partition coefficient (Wildman–Crippen LogP) is 3.85. The first-order valence-electron chi connectivity index (χ1n) is 11.3. The van der Waals surface area contributed by atoms with Gasteiger partial charge in [-0.25, -0.2) is 0 Å². The second-order valence-electron chi connectivity index (χ2n) is 8.76. The number of amides is 1. The Bertz CT molecular complexity index is 1140. The molecule has 0 radical (unpaired) electrons. The number of nitrogens with two attached hydrogens (primary N) is 1. The molecule has 1 aliphatic rings. The molecule has 7 nitrogen and oxygen atoms in total. The van der Waals surface area contributed by atoms with Gasteiger partial charge in [0.15, 0.2) is 11.5 Å². The highest BCUT2D eigenvalue weighted by Gasteiger charge is 2.26. The minimum Gasteiger partial charge on any atom is -0.493 e. The lowest BCUT2D eigenvalue weighted by Crippen LogP contribution is -2.39. The fraction of sp³-hybridized carbons (Fsp3) is 0.385. The Kier molecular flexibility index (Phi) is 6.58. The zero-order valence-corrected chi connectivity index (χ0v) is 19.8. The van der Waals surface area contributed by atoms with Crippen molar-refractivity contribution in [2.24, 2.45) is 0 Å². The van der Waals surface area contributed by atoms with E-state index in [1.54, 1.807) is 14.2 Å². The summed E-state index contributed by atoms with van der Waals surface area (Å²) in [5.41, 5.74) is 11.0. The van der Waals surface area contributed by atoms with E-state index in [2.05, 4.69) is 4.90 Å². The summed E-state index contributed by atoms with van der Waals surface area (Å²) in [7, 11) is 7.25. The molecule has 0 atom stereocenters. The van der Waals surface area contributed by atoms with Crippen LogP contribution in [0.4, 0.5) is 11.4 Å². The van der Waals surface area contributed by atoms with Crippen molar-refractivity contribution in [2.45, 2.75) is 25.2 Å². The highest BCUT2D eigenvalue weighted by molar-refractivity contribution is 5.86. The number of hydrogen-bond donors (Lipinski definition) is 1. The molecule has 1 aromatic heterocycles. The number of rotatable bonds is 6. The van der Waals surface area contributed by atoms with Gasteiger partial charge in [0, 0.05) is 50.2 Å². The van der Waals surface area contributed by atoms with E-state index in [0.29, 0.717) is 36.7 Å². The maximum absolute atomic E-state index is 12.9. The van der Waals surface area contributed by atoms with Gasteiger partial charge in [0.25, 0.3) is 0 Å². The summed E-state index contributed by atoms with van der Waals surface area (Å²) in [5, 5.41) is 0.918. The molecular formula is C26H32N4O3. The monoisotopic (exact) mass is 448 g/mol. The molecule has 0 bridgehead atoms. The van der Waals surface area contributed by atoms with Gasteiger partial charge in [0.05, 0.1) is 37.5 Å². The quantitative estimate of drug-likeness (QED) is 0.617. The number of piperidine rings is 1. The zero-order chi connectivity index (χ0) is 23.5. The van der Waals surface area contributed by atoms with Crippen LogP contribution in [0.1, 0.15) is 30.0 Å². The van der Waals surface area contributed by atoms with E-state index in [0.717, 1.165) is 40.7 Å². The number of aromatic nitrogens is 1. The minimum absolute atomic E-state index is 0.169. The van der Waals surface area contributed by atoms with E-state index >= 15 is 0 Å². The molecule has 2 aromatic carbocycles. The van der Waals surface area contributed by atoms with Crippen molar-refractivity contribution in [3.63, 3.8) is 0 Å². The van der Waals surface area contributed by atoms with Crippen molar-refractivity contribution < 1.29 is 14.3 Å². The number of fused-ring (bicyclic) bond motifs is 1. The van der Waals surface area contributed by atoms with Gasteiger partial charge in [0.2, 0.25) is 5.91 Å². The van der Waals surface area contributed by atoms with Crippen LogP contribution < -0.4 is 20.1 Å². The summed E-state index contributed by atoms with van der Waals surface area (Å²) >= 11 is 0. The van der Waals surface area contributed by atoms with Crippen LogP contribution in [0.2, 0.25) is 0 Å². The number of nitrogens with zero attached hydrogens (tertiary/aromatic N) is 3. The number of nitrogen functional groups attached to an aromatic ring is 1. The number of benzene rings is 2. The van der Waals surface area contributed by atoms with E-state index in [1.807, 2.05) is 61.5 Å². The fourth-order valence-corrected chi connectivity index (χ4v) is 4.46. The Morgan fingerprint density at radius 2 is 1.70 bits per heavy atom. The molecule has 0 spiro atoms. The SMILES string of the molecule is COc1cc2cc(N)c(C3CCN(C(=O)Cc4ccc(N(C)C)cc4)CC3)nc2cc1OC. The lowest BCUT2D eigenvalue weighted by Gasteiger charge is -2.32. The van der Waals surface area contributed by atoms with Crippen LogP contribution in [0, 0.1) is 0 Å². The van der Waals surface area contributed by atoms with Gasteiger partial charge in [-0.2, -0.15) is 0 Å². The molecule has 7 heteroatoms. The van der Waals surface area contributed by atoms with Crippen molar-refractivity contribution in [3.8, 4) is 11.5 Å². The Balaban J connectivity index is 1.43. The molecule has 0 aliphatic carbocycles. The topological polar surface area (TPSA) is 80.9 Å². The van der Waals surface area contributed by atoms with E-state index in [4.69, 9.17) is 20.2 Å². The molecule has 33 heavy (non-hydrogen) atoms. The molecule has 2 N–H and O–H groups in total. The molecule has 4 rings (SSSR count). The number of methoxy groups -OCH3 is 2. The number of carbonyl (C=O) groups is 1. The van der Waals surface area contributed by atoms with Gasteiger partial charge >= 0.3 is 0 Å². The lowest BCUT2D eigenvalue weighted by atomic mass is 9.91. The highest BCUT2D eigenvalue weighted by atomic mass is 16.5. The van der Waals surface area contributed by atoms with Gasteiger partial charge in [-0.3, -0.25) is 9.78 Å². The molecule has 0 unspecified atom stereocenters. The molecule has 0 saturated carbocycles. The predicted molar refractivity (Wildman–Crippen MR) is 132 cm³/mol. The number of ether oxygens (including phenoxy) is 2. The first kappa shape index (κ1) is 22.7. The summed E-state index contributed by atoms with van der Waals surface area (Å²) in [6.45, 7) is 1.43. The Labute approximate surface area is 195 Å². The third kappa shape index (κ3) is 4.82. The number of pyridine rings is 1. The van der Waals surface area contributed by atoms with Crippen LogP contribution in [-0.4, -0.2) is 57.2 Å². The molecule has 2 heterocycles. The smallest absolute Gasteiger partial charge is 0.226 e. The molecule has 1 saturated heterocycles. The summed E-state index contributed by atoms with van der Waals surface area (Å²) in [5.74, 6) is 1.70. The average Bonchev–Trinajstić information content (AvgIpc) is 2.83. The highest BCUT2D eigenvalue weighted by Crippen LogP contribution is 2.36. The van der Waals surface area contributed by atoms with Gasteiger partial charge in [-0.05, 0) is 42.7 Å². The molecule has 1 fully saturated rings. The molecular weight excluding hydrogens is 416 g/mol. The third-order valence-electron chi connectivity index (χ3n) is 6.42. The summed E-state index contributed by atoms with van der Waals surface area (Å²) in [6, 6.07) is 13.9. The fourth-order valence-electron chi connectivity index (χ4n) is 4.46. The van der Waals surface area contributed by atoms with Crippen molar-refractivity contribution in [1.29, 1.82) is 0 Å². The molecule has 174 valence electrons. The molecule has 1 aliphatic heterocycles. The van der Waals surface area contributed by atoms with Crippen LogP contribution in [0.3, 0.4) is 0 Å². The normalized spacial score (nSPS) is 14.4. The first-order valence-corrected chi connectivity index (χ1v) is 11.3. The largest absolute Gasteiger partial charge is 0.493 e. The van der Waals surface area contributed by atoms with E-state index < -0.39 is 0 Å². The number of anilines is 2. The Morgan fingerprint density at radius 1 is 1.06 bits per heavy atom. The second-order valence-corrected chi connectivity index (χ2v) is 8.76. The summed E-state index contributed by atoms with van der Waals surface area (Å²) < 4.78 is 10.8. The first-order chi connectivity index (χ1) is 15.9. The molecule has 3 aromatic rings. The van der Waals surface area contributed by atoms with Gasteiger partial charge in [0.1, 0.15) is 0 Å².